The van der Waals surface area contributed by atoms with Crippen LogP contribution >= 0.6 is 0 Å². The summed E-state index contributed by atoms with van der Waals surface area (Å²) in [7, 11) is 4.23. The molecular formula is C13H23N3O. The number of nitrogens with zero attached hydrogens (tertiary/aromatic N) is 3. The van der Waals surface area contributed by atoms with Gasteiger partial charge in [0.25, 0.3) is 0 Å². The molecular weight excluding hydrogens is 214 g/mol. The minimum atomic E-state index is 0.179. The summed E-state index contributed by atoms with van der Waals surface area (Å²) in [4.78, 5) is 18.5. The van der Waals surface area contributed by atoms with Gasteiger partial charge in [-0.15, -0.1) is 0 Å². The summed E-state index contributed by atoms with van der Waals surface area (Å²) in [6.07, 6.45) is 6.28. The van der Waals surface area contributed by atoms with Gasteiger partial charge in [0.1, 0.15) is 0 Å². The lowest BCUT2D eigenvalue weighted by Crippen LogP contribution is -2.46. The monoisotopic (exact) mass is 237 g/mol. The van der Waals surface area contributed by atoms with Crippen molar-refractivity contribution in [3.63, 3.8) is 0 Å². The second-order valence-corrected chi connectivity index (χ2v) is 5.18. The predicted molar refractivity (Wildman–Crippen MR) is 68.9 cm³/mol. The zero-order chi connectivity index (χ0) is 12.3. The molecule has 1 unspecified atom stereocenters. The summed E-state index contributed by atoms with van der Waals surface area (Å²) in [5.41, 5.74) is 0. The molecule has 0 aliphatic carbocycles. The molecule has 0 bridgehead atoms. The van der Waals surface area contributed by atoms with Gasteiger partial charge < -0.3 is 9.80 Å². The van der Waals surface area contributed by atoms with Gasteiger partial charge in [-0.25, -0.2) is 0 Å². The number of hydrogen-bond acceptors (Lipinski definition) is 3. The number of carbonyl (C=O) groups is 1. The van der Waals surface area contributed by atoms with Gasteiger partial charge in [0.05, 0.1) is 0 Å². The molecule has 2 heterocycles. The normalized spacial score (nSPS) is 28.1. The molecule has 4 nitrogen and oxygen atoms in total. The Labute approximate surface area is 104 Å². The van der Waals surface area contributed by atoms with Gasteiger partial charge in [-0.3, -0.25) is 9.69 Å². The third kappa shape index (κ3) is 3.30. The summed E-state index contributed by atoms with van der Waals surface area (Å²) in [6.45, 7) is 4.85. The highest BCUT2D eigenvalue weighted by Crippen LogP contribution is 2.15. The van der Waals surface area contributed by atoms with Gasteiger partial charge in [-0.05, 0) is 33.5 Å². The zero-order valence-corrected chi connectivity index (χ0v) is 10.9. The number of piperazine rings is 1. The van der Waals surface area contributed by atoms with E-state index in [1.54, 1.807) is 6.08 Å². The number of likely N-dealkylation sites (tertiary alicyclic amines) is 1. The van der Waals surface area contributed by atoms with Crippen LogP contribution in [0.5, 0.6) is 0 Å². The molecule has 1 amide bonds. The first-order valence-corrected chi connectivity index (χ1v) is 6.53. The number of carbonyl (C=O) groups excluding carboxylic acids is 1. The quantitative estimate of drug-likeness (QED) is 0.651. The fourth-order valence-electron chi connectivity index (χ4n) is 2.50. The van der Waals surface area contributed by atoms with Crippen molar-refractivity contribution in [2.45, 2.75) is 18.9 Å². The third-order valence-electron chi connectivity index (χ3n) is 3.85. The van der Waals surface area contributed by atoms with Crippen LogP contribution in [0.4, 0.5) is 0 Å². The first-order chi connectivity index (χ1) is 8.16. The van der Waals surface area contributed by atoms with Gasteiger partial charge in [0.2, 0.25) is 5.91 Å². The van der Waals surface area contributed by atoms with E-state index in [-0.39, 0.29) is 5.91 Å². The molecule has 2 aliphatic rings. The van der Waals surface area contributed by atoms with Crippen molar-refractivity contribution in [2.24, 2.45) is 0 Å². The maximum absolute atomic E-state index is 12.0. The molecule has 17 heavy (non-hydrogen) atoms. The van der Waals surface area contributed by atoms with Gasteiger partial charge in [-0.1, -0.05) is 6.08 Å². The van der Waals surface area contributed by atoms with E-state index >= 15 is 0 Å². The Morgan fingerprint density at radius 1 is 1.12 bits per heavy atom. The van der Waals surface area contributed by atoms with Crippen LogP contribution in [-0.4, -0.2) is 73.5 Å². The molecule has 2 rings (SSSR count). The van der Waals surface area contributed by atoms with Gasteiger partial charge in [0, 0.05) is 38.3 Å². The maximum atomic E-state index is 12.0. The third-order valence-corrected chi connectivity index (χ3v) is 3.85. The molecule has 0 aromatic rings. The first-order valence-electron chi connectivity index (χ1n) is 6.53. The number of rotatable bonds is 2. The summed E-state index contributed by atoms with van der Waals surface area (Å²) < 4.78 is 0. The second-order valence-electron chi connectivity index (χ2n) is 5.18. The smallest absolute Gasteiger partial charge is 0.246 e. The van der Waals surface area contributed by atoms with Crippen molar-refractivity contribution in [1.29, 1.82) is 0 Å². The standard InChI is InChI=1S/C13H23N3O/c1-14-8-10-16(11-9-14)13(17)6-5-12-4-3-7-15(12)2/h5-6,12H,3-4,7-11H2,1-2H3/b6-5-. The van der Waals surface area contributed by atoms with Crippen LogP contribution in [0.15, 0.2) is 12.2 Å². The Bertz CT molecular complexity index is 295. The van der Waals surface area contributed by atoms with Crippen molar-refractivity contribution in [1.82, 2.24) is 14.7 Å². The fraction of sp³-hybridized carbons (Fsp3) is 0.769. The predicted octanol–water partition coefficient (Wildman–Crippen LogP) is 0.411. The number of amides is 1. The highest BCUT2D eigenvalue weighted by atomic mass is 16.2. The average Bonchev–Trinajstić information content (AvgIpc) is 2.73. The van der Waals surface area contributed by atoms with E-state index < -0.39 is 0 Å². The number of likely N-dealkylation sites (N-methyl/N-ethyl adjacent to an activating group) is 2. The average molecular weight is 237 g/mol. The zero-order valence-electron chi connectivity index (χ0n) is 10.9. The molecule has 0 aromatic carbocycles. The molecule has 0 spiro atoms. The molecule has 0 N–H and O–H groups in total. The van der Waals surface area contributed by atoms with Crippen molar-refractivity contribution in [3.05, 3.63) is 12.2 Å². The summed E-state index contributed by atoms with van der Waals surface area (Å²) in [5.74, 6) is 0.179. The fourth-order valence-corrected chi connectivity index (χ4v) is 2.50. The summed E-state index contributed by atoms with van der Waals surface area (Å²) in [6, 6.07) is 0.464. The highest BCUT2D eigenvalue weighted by Gasteiger charge is 2.20. The molecule has 2 fully saturated rings. The van der Waals surface area contributed by atoms with Gasteiger partial charge in [0.15, 0.2) is 0 Å². The molecule has 2 saturated heterocycles. The summed E-state index contributed by atoms with van der Waals surface area (Å²) >= 11 is 0. The second kappa shape index (κ2) is 5.65. The maximum Gasteiger partial charge on any atom is 0.246 e. The van der Waals surface area contributed by atoms with Crippen LogP contribution in [0.1, 0.15) is 12.8 Å². The van der Waals surface area contributed by atoms with Crippen LogP contribution in [0.3, 0.4) is 0 Å². The molecule has 1 atom stereocenters. The Hall–Kier alpha value is -0.870. The lowest BCUT2D eigenvalue weighted by Gasteiger charge is -2.31. The largest absolute Gasteiger partial charge is 0.337 e. The number of hydrogen-bond donors (Lipinski definition) is 0. The first kappa shape index (κ1) is 12.6. The van der Waals surface area contributed by atoms with E-state index in [9.17, 15) is 4.79 Å². The Balaban J connectivity index is 1.82. The van der Waals surface area contributed by atoms with E-state index in [1.807, 2.05) is 4.90 Å². The van der Waals surface area contributed by atoms with Gasteiger partial charge in [-0.2, -0.15) is 0 Å². The molecule has 4 heteroatoms. The van der Waals surface area contributed by atoms with Crippen LogP contribution in [0.25, 0.3) is 0 Å². The van der Waals surface area contributed by atoms with E-state index in [0.29, 0.717) is 6.04 Å². The van der Waals surface area contributed by atoms with Crippen LogP contribution < -0.4 is 0 Å². The van der Waals surface area contributed by atoms with Crippen LogP contribution in [0.2, 0.25) is 0 Å². The molecule has 2 aliphatic heterocycles. The van der Waals surface area contributed by atoms with Crippen molar-refractivity contribution in [3.8, 4) is 0 Å². The van der Waals surface area contributed by atoms with E-state index in [0.717, 1.165) is 32.7 Å². The topological polar surface area (TPSA) is 26.8 Å². The molecule has 0 saturated carbocycles. The molecule has 0 radical (unpaired) electrons. The SMILES string of the molecule is CN1CCN(C(=O)/C=C\C2CCCN2C)CC1. The Kier molecular flexibility index (Phi) is 4.18. The van der Waals surface area contributed by atoms with E-state index in [4.69, 9.17) is 0 Å². The minimum absolute atomic E-state index is 0.179. The van der Waals surface area contributed by atoms with E-state index in [2.05, 4.69) is 30.0 Å². The van der Waals surface area contributed by atoms with Crippen molar-refractivity contribution in [2.75, 3.05) is 46.8 Å². The summed E-state index contributed by atoms with van der Waals surface area (Å²) in [5, 5.41) is 0. The highest BCUT2D eigenvalue weighted by molar-refractivity contribution is 5.87. The molecule has 96 valence electrons. The molecule has 0 aromatic heterocycles. The van der Waals surface area contributed by atoms with Crippen molar-refractivity contribution < 1.29 is 4.79 Å². The van der Waals surface area contributed by atoms with Crippen LogP contribution in [-0.2, 0) is 4.79 Å². The van der Waals surface area contributed by atoms with E-state index in [1.165, 1.54) is 12.8 Å². The Morgan fingerprint density at radius 3 is 2.41 bits per heavy atom. The van der Waals surface area contributed by atoms with Gasteiger partial charge >= 0.3 is 0 Å². The Morgan fingerprint density at radius 2 is 1.82 bits per heavy atom. The van der Waals surface area contributed by atoms with Crippen molar-refractivity contribution >= 4 is 5.91 Å². The lowest BCUT2D eigenvalue weighted by molar-refractivity contribution is -0.127. The minimum Gasteiger partial charge on any atom is -0.337 e. The van der Waals surface area contributed by atoms with Crippen LogP contribution in [0, 0.1) is 0 Å². The lowest BCUT2D eigenvalue weighted by atomic mass is 10.2.